The Balaban J connectivity index is 0.00000128. The molecule has 5 nitrogen and oxygen atoms in total. The summed E-state index contributed by atoms with van der Waals surface area (Å²) in [7, 11) is 0. The fraction of sp³-hybridized carbons (Fsp3) is 0.400. The monoisotopic (exact) mass is 279 g/mol. The van der Waals surface area contributed by atoms with Gasteiger partial charge in [-0.1, -0.05) is 6.07 Å². The second-order valence-electron chi connectivity index (χ2n) is 3.27. The van der Waals surface area contributed by atoms with Gasteiger partial charge in [-0.3, -0.25) is 0 Å². The number of nitrogens with one attached hydrogen (secondary N) is 1. The Morgan fingerprint density at radius 3 is 2.59 bits per heavy atom. The molecule has 7 heteroatoms. The van der Waals surface area contributed by atoms with Crippen LogP contribution in [0.1, 0.15) is 10.5 Å². The molecule has 0 unspecified atom stereocenters. The molecule has 0 bridgehead atoms. The van der Waals surface area contributed by atoms with Gasteiger partial charge in [0.1, 0.15) is 5.69 Å². The molecule has 0 aromatic carbocycles. The zero-order valence-electron chi connectivity index (χ0n) is 9.17. The van der Waals surface area contributed by atoms with Crippen molar-refractivity contribution in [2.75, 3.05) is 26.2 Å². The number of halogens is 2. The quantitative estimate of drug-likeness (QED) is 0.872. The average Bonchev–Trinajstić information content (AvgIpc) is 2.31. The van der Waals surface area contributed by atoms with Crippen LogP contribution in [-0.2, 0) is 4.84 Å². The lowest BCUT2D eigenvalue weighted by Crippen LogP contribution is -2.44. The minimum absolute atomic E-state index is 0. The molecule has 1 aromatic rings. The van der Waals surface area contributed by atoms with Gasteiger partial charge in [-0.05, 0) is 12.1 Å². The SMILES string of the molecule is Cl.Cl.O=C(ON1CCNCC1)c1ccccn1. The van der Waals surface area contributed by atoms with Gasteiger partial charge >= 0.3 is 5.97 Å². The number of nitrogens with zero attached hydrogens (tertiary/aromatic N) is 2. The van der Waals surface area contributed by atoms with Crippen LogP contribution in [0.15, 0.2) is 24.4 Å². The van der Waals surface area contributed by atoms with Crippen LogP contribution < -0.4 is 5.32 Å². The van der Waals surface area contributed by atoms with E-state index in [0.29, 0.717) is 5.69 Å². The van der Waals surface area contributed by atoms with Gasteiger partial charge in [-0.2, -0.15) is 0 Å². The molecule has 0 amide bonds. The number of hydrogen-bond donors (Lipinski definition) is 1. The zero-order valence-corrected chi connectivity index (χ0v) is 10.8. The standard InChI is InChI=1S/C10H13N3O2.2ClH/c14-10(9-3-1-2-4-12-9)15-13-7-5-11-6-8-13;;/h1-4,11H,5-8H2;2*1H. The zero-order chi connectivity index (χ0) is 10.5. The number of aromatic nitrogens is 1. The topological polar surface area (TPSA) is 54.5 Å². The van der Waals surface area contributed by atoms with Crippen LogP contribution >= 0.6 is 24.8 Å². The molecular formula is C10H15Cl2N3O2. The number of pyridine rings is 1. The Labute approximate surface area is 112 Å². The van der Waals surface area contributed by atoms with E-state index >= 15 is 0 Å². The first-order valence-electron chi connectivity index (χ1n) is 4.95. The van der Waals surface area contributed by atoms with Gasteiger partial charge in [0, 0.05) is 32.4 Å². The summed E-state index contributed by atoms with van der Waals surface area (Å²) >= 11 is 0. The Kier molecular flexibility index (Phi) is 7.82. The largest absolute Gasteiger partial charge is 0.375 e. The molecule has 1 aliphatic heterocycles. The minimum Gasteiger partial charge on any atom is -0.363 e. The predicted molar refractivity (Wildman–Crippen MR) is 68.6 cm³/mol. The molecular weight excluding hydrogens is 265 g/mol. The highest BCUT2D eigenvalue weighted by molar-refractivity contribution is 5.86. The molecule has 0 radical (unpaired) electrons. The lowest BCUT2D eigenvalue weighted by molar-refractivity contribution is -0.115. The van der Waals surface area contributed by atoms with Crippen molar-refractivity contribution in [3.63, 3.8) is 0 Å². The fourth-order valence-corrected chi connectivity index (χ4v) is 1.38. The third-order valence-corrected chi connectivity index (χ3v) is 2.16. The van der Waals surface area contributed by atoms with Gasteiger partial charge in [0.2, 0.25) is 0 Å². The van der Waals surface area contributed by atoms with Crippen LogP contribution in [0.5, 0.6) is 0 Å². The first-order chi connectivity index (χ1) is 7.36. The van der Waals surface area contributed by atoms with Crippen LogP contribution in [0.4, 0.5) is 0 Å². The van der Waals surface area contributed by atoms with Gasteiger partial charge in [0.15, 0.2) is 0 Å². The Morgan fingerprint density at radius 2 is 2.00 bits per heavy atom. The average molecular weight is 280 g/mol. The summed E-state index contributed by atoms with van der Waals surface area (Å²) in [5.74, 6) is -0.391. The lowest BCUT2D eigenvalue weighted by Gasteiger charge is -2.25. The van der Waals surface area contributed by atoms with Crippen molar-refractivity contribution >= 4 is 30.8 Å². The molecule has 2 heterocycles. The van der Waals surface area contributed by atoms with E-state index in [4.69, 9.17) is 4.84 Å². The van der Waals surface area contributed by atoms with E-state index in [9.17, 15) is 4.79 Å². The molecule has 0 saturated carbocycles. The molecule has 1 aromatic heterocycles. The predicted octanol–water partition coefficient (Wildman–Crippen LogP) is 0.902. The van der Waals surface area contributed by atoms with Crippen molar-refractivity contribution in [1.82, 2.24) is 15.4 Å². The summed E-state index contributed by atoms with van der Waals surface area (Å²) in [4.78, 5) is 20.7. The number of hydroxylamine groups is 2. The van der Waals surface area contributed by atoms with E-state index < -0.39 is 5.97 Å². The lowest BCUT2D eigenvalue weighted by atomic mass is 10.4. The number of rotatable bonds is 2. The summed E-state index contributed by atoms with van der Waals surface area (Å²) < 4.78 is 0. The van der Waals surface area contributed by atoms with Crippen LogP contribution in [0.2, 0.25) is 0 Å². The molecule has 0 aliphatic carbocycles. The molecule has 2 rings (SSSR count). The maximum Gasteiger partial charge on any atom is 0.375 e. The highest BCUT2D eigenvalue weighted by Gasteiger charge is 2.16. The number of piperazine rings is 1. The van der Waals surface area contributed by atoms with E-state index in [0.717, 1.165) is 26.2 Å². The Morgan fingerprint density at radius 1 is 1.29 bits per heavy atom. The van der Waals surface area contributed by atoms with Gasteiger partial charge < -0.3 is 10.2 Å². The van der Waals surface area contributed by atoms with Crippen LogP contribution in [0, 0.1) is 0 Å². The number of hydrogen-bond acceptors (Lipinski definition) is 5. The van der Waals surface area contributed by atoms with Crippen molar-refractivity contribution in [2.45, 2.75) is 0 Å². The van der Waals surface area contributed by atoms with Gasteiger partial charge in [-0.15, -0.1) is 29.9 Å². The Hall–Kier alpha value is -0.880. The number of carbonyl (C=O) groups excluding carboxylic acids is 1. The molecule has 1 aliphatic rings. The molecule has 1 fully saturated rings. The normalized spacial score (nSPS) is 15.3. The third kappa shape index (κ3) is 4.87. The van der Waals surface area contributed by atoms with E-state index in [-0.39, 0.29) is 24.8 Å². The summed E-state index contributed by atoms with van der Waals surface area (Å²) in [6.07, 6.45) is 1.58. The van der Waals surface area contributed by atoms with E-state index in [2.05, 4.69) is 10.3 Å². The highest BCUT2D eigenvalue weighted by atomic mass is 35.5. The summed E-state index contributed by atoms with van der Waals surface area (Å²) in [5, 5.41) is 4.84. The number of carbonyl (C=O) groups is 1. The second-order valence-corrected chi connectivity index (χ2v) is 3.27. The maximum absolute atomic E-state index is 11.6. The van der Waals surface area contributed by atoms with Crippen molar-refractivity contribution in [3.05, 3.63) is 30.1 Å². The first kappa shape index (κ1) is 16.1. The van der Waals surface area contributed by atoms with E-state index in [1.54, 1.807) is 29.5 Å². The second kappa shape index (κ2) is 8.25. The van der Waals surface area contributed by atoms with Crippen molar-refractivity contribution in [3.8, 4) is 0 Å². The third-order valence-electron chi connectivity index (χ3n) is 2.16. The molecule has 1 N–H and O–H groups in total. The molecule has 96 valence electrons. The van der Waals surface area contributed by atoms with Gasteiger partial charge in [0.25, 0.3) is 0 Å². The minimum atomic E-state index is -0.391. The Bertz CT molecular complexity index is 332. The van der Waals surface area contributed by atoms with Crippen LogP contribution in [0.3, 0.4) is 0 Å². The van der Waals surface area contributed by atoms with E-state index in [1.807, 2.05) is 0 Å². The van der Waals surface area contributed by atoms with Crippen LogP contribution in [0.25, 0.3) is 0 Å². The smallest absolute Gasteiger partial charge is 0.363 e. The molecule has 1 saturated heterocycles. The van der Waals surface area contributed by atoms with Gasteiger partial charge in [0.05, 0.1) is 0 Å². The highest BCUT2D eigenvalue weighted by Crippen LogP contribution is 2.01. The summed E-state index contributed by atoms with van der Waals surface area (Å²) in [6.45, 7) is 3.13. The van der Waals surface area contributed by atoms with Gasteiger partial charge in [-0.25, -0.2) is 9.78 Å². The summed E-state index contributed by atoms with van der Waals surface area (Å²) in [5.41, 5.74) is 0.344. The van der Waals surface area contributed by atoms with Crippen molar-refractivity contribution in [1.29, 1.82) is 0 Å². The van der Waals surface area contributed by atoms with E-state index in [1.165, 1.54) is 0 Å². The van der Waals surface area contributed by atoms with Crippen molar-refractivity contribution in [2.24, 2.45) is 0 Å². The first-order valence-corrected chi connectivity index (χ1v) is 4.95. The van der Waals surface area contributed by atoms with Crippen molar-refractivity contribution < 1.29 is 9.63 Å². The van der Waals surface area contributed by atoms with Crippen LogP contribution in [-0.4, -0.2) is 42.2 Å². The molecule has 0 atom stereocenters. The fourth-order valence-electron chi connectivity index (χ4n) is 1.38. The molecule has 17 heavy (non-hydrogen) atoms. The molecule has 0 spiro atoms. The summed E-state index contributed by atoms with van der Waals surface area (Å²) in [6, 6.07) is 5.17. The maximum atomic E-state index is 11.6.